The molecule has 1 saturated carbocycles. The molecule has 1 aromatic rings. The smallest absolute Gasteiger partial charge is 0.313 e. The average molecular weight is 357 g/mol. The maximum atomic E-state index is 12.1. The molecule has 0 unspecified atom stereocenters. The van der Waals surface area contributed by atoms with Crippen LogP contribution in [0.5, 0.6) is 0 Å². The molecule has 2 amide bonds. The van der Waals surface area contributed by atoms with Crippen LogP contribution in [-0.4, -0.2) is 17.9 Å². The second-order valence-electron chi connectivity index (χ2n) is 7.16. The van der Waals surface area contributed by atoms with Crippen molar-refractivity contribution in [2.45, 2.75) is 46.1 Å². The predicted molar refractivity (Wildman–Crippen MR) is 93.8 cm³/mol. The Bertz CT molecular complexity index is 617. The predicted octanol–water partition coefficient (Wildman–Crippen LogP) is 4.26. The summed E-state index contributed by atoms with van der Waals surface area (Å²) in [4.78, 5) is 24.2. The Morgan fingerprint density at radius 1 is 1.17 bits per heavy atom. The second kappa shape index (κ2) is 7.10. The number of anilines is 1. The fourth-order valence-electron chi connectivity index (χ4n) is 3.48. The van der Waals surface area contributed by atoms with Crippen molar-refractivity contribution >= 4 is 40.7 Å². The zero-order valence-corrected chi connectivity index (χ0v) is 15.1. The topological polar surface area (TPSA) is 58.2 Å². The maximum absolute atomic E-state index is 12.1. The molecular weight excluding hydrogens is 335 g/mol. The first-order chi connectivity index (χ1) is 10.7. The molecular formula is C17H22Cl2N2O2. The molecule has 1 aromatic carbocycles. The van der Waals surface area contributed by atoms with E-state index >= 15 is 0 Å². The number of benzene rings is 1. The second-order valence-corrected chi connectivity index (χ2v) is 8.01. The van der Waals surface area contributed by atoms with Crippen LogP contribution in [-0.2, 0) is 9.59 Å². The van der Waals surface area contributed by atoms with E-state index in [1.165, 1.54) is 6.07 Å². The molecule has 1 fully saturated rings. The molecule has 4 nitrogen and oxygen atoms in total. The summed E-state index contributed by atoms with van der Waals surface area (Å²) in [5.74, 6) is -0.825. The molecule has 0 aliphatic heterocycles. The van der Waals surface area contributed by atoms with Gasteiger partial charge in [-0.25, -0.2) is 0 Å². The van der Waals surface area contributed by atoms with E-state index < -0.39 is 11.8 Å². The summed E-state index contributed by atoms with van der Waals surface area (Å²) >= 11 is 11.8. The monoisotopic (exact) mass is 356 g/mol. The maximum Gasteiger partial charge on any atom is 0.313 e. The minimum Gasteiger partial charge on any atom is -0.345 e. The lowest BCUT2D eigenvalue weighted by atomic mass is 9.70. The number of hydrogen-bond donors (Lipinski definition) is 2. The molecule has 2 rings (SSSR count). The van der Waals surface area contributed by atoms with Gasteiger partial charge in [0.15, 0.2) is 0 Å². The Balaban J connectivity index is 1.96. The fourth-order valence-corrected chi connectivity index (χ4v) is 3.93. The highest BCUT2D eigenvalue weighted by Crippen LogP contribution is 2.38. The Morgan fingerprint density at radius 2 is 1.87 bits per heavy atom. The van der Waals surface area contributed by atoms with E-state index in [2.05, 4.69) is 31.4 Å². The molecule has 0 aromatic heterocycles. The minimum absolute atomic E-state index is 0.0210. The van der Waals surface area contributed by atoms with Gasteiger partial charge in [0.2, 0.25) is 0 Å². The van der Waals surface area contributed by atoms with Gasteiger partial charge in [-0.3, -0.25) is 9.59 Å². The SMILES string of the molecule is C[C@H]1C[C@H](NC(=O)C(=O)Nc2ccc(Cl)cc2Cl)CC(C)(C)C1. The van der Waals surface area contributed by atoms with E-state index in [-0.39, 0.29) is 11.5 Å². The van der Waals surface area contributed by atoms with E-state index in [9.17, 15) is 9.59 Å². The molecule has 0 heterocycles. The Kier molecular flexibility index (Phi) is 5.58. The molecule has 126 valence electrons. The van der Waals surface area contributed by atoms with Gasteiger partial charge < -0.3 is 10.6 Å². The van der Waals surface area contributed by atoms with Crippen molar-refractivity contribution in [2.24, 2.45) is 11.3 Å². The van der Waals surface area contributed by atoms with Crippen molar-refractivity contribution in [3.63, 3.8) is 0 Å². The van der Waals surface area contributed by atoms with Gasteiger partial charge in [-0.2, -0.15) is 0 Å². The van der Waals surface area contributed by atoms with Gasteiger partial charge in [0, 0.05) is 11.1 Å². The van der Waals surface area contributed by atoms with Crippen molar-refractivity contribution < 1.29 is 9.59 Å². The van der Waals surface area contributed by atoms with E-state index in [4.69, 9.17) is 23.2 Å². The van der Waals surface area contributed by atoms with Crippen molar-refractivity contribution in [3.05, 3.63) is 28.2 Å². The number of halogens is 2. The van der Waals surface area contributed by atoms with Crippen LogP contribution in [0.4, 0.5) is 5.69 Å². The molecule has 0 saturated heterocycles. The van der Waals surface area contributed by atoms with E-state index in [1.54, 1.807) is 12.1 Å². The number of nitrogens with one attached hydrogen (secondary N) is 2. The first kappa shape index (κ1) is 18.1. The van der Waals surface area contributed by atoms with Crippen LogP contribution in [0.1, 0.15) is 40.0 Å². The summed E-state index contributed by atoms with van der Waals surface area (Å²) in [6.07, 6.45) is 2.90. The van der Waals surface area contributed by atoms with E-state index in [0.29, 0.717) is 21.7 Å². The van der Waals surface area contributed by atoms with E-state index in [1.807, 2.05) is 0 Å². The van der Waals surface area contributed by atoms with Gasteiger partial charge in [0.05, 0.1) is 10.7 Å². The van der Waals surface area contributed by atoms with Crippen LogP contribution in [0.2, 0.25) is 10.0 Å². The zero-order chi connectivity index (χ0) is 17.2. The van der Waals surface area contributed by atoms with Crippen molar-refractivity contribution in [1.29, 1.82) is 0 Å². The Labute approximate surface area is 146 Å². The molecule has 2 N–H and O–H groups in total. The van der Waals surface area contributed by atoms with Crippen molar-refractivity contribution in [1.82, 2.24) is 5.32 Å². The van der Waals surface area contributed by atoms with Crippen LogP contribution in [0.3, 0.4) is 0 Å². The fraction of sp³-hybridized carbons (Fsp3) is 0.529. The van der Waals surface area contributed by atoms with Gasteiger partial charge in [0.25, 0.3) is 0 Å². The van der Waals surface area contributed by atoms with Crippen molar-refractivity contribution in [2.75, 3.05) is 5.32 Å². The highest BCUT2D eigenvalue weighted by Gasteiger charge is 2.33. The number of amides is 2. The number of carbonyl (C=O) groups is 2. The van der Waals surface area contributed by atoms with Gasteiger partial charge >= 0.3 is 11.8 Å². The van der Waals surface area contributed by atoms with Gasteiger partial charge in [-0.15, -0.1) is 0 Å². The molecule has 1 aliphatic rings. The summed E-state index contributed by atoms with van der Waals surface area (Å²) in [5, 5.41) is 6.12. The first-order valence-electron chi connectivity index (χ1n) is 7.73. The largest absolute Gasteiger partial charge is 0.345 e. The first-order valence-corrected chi connectivity index (χ1v) is 8.49. The third-order valence-corrected chi connectivity index (χ3v) is 4.66. The van der Waals surface area contributed by atoms with Crippen molar-refractivity contribution in [3.8, 4) is 0 Å². The molecule has 0 spiro atoms. The Morgan fingerprint density at radius 3 is 2.48 bits per heavy atom. The zero-order valence-electron chi connectivity index (χ0n) is 13.6. The van der Waals surface area contributed by atoms with Gasteiger partial charge in [-0.1, -0.05) is 44.0 Å². The molecule has 0 radical (unpaired) electrons. The lowest BCUT2D eigenvalue weighted by Crippen LogP contribution is -2.46. The number of hydrogen-bond acceptors (Lipinski definition) is 2. The number of carbonyl (C=O) groups excluding carboxylic acids is 2. The summed E-state index contributed by atoms with van der Waals surface area (Å²) < 4.78 is 0. The highest BCUT2D eigenvalue weighted by atomic mass is 35.5. The Hall–Kier alpha value is -1.26. The molecule has 6 heteroatoms. The third-order valence-electron chi connectivity index (χ3n) is 4.11. The van der Waals surface area contributed by atoms with Gasteiger partial charge in [0.1, 0.15) is 0 Å². The average Bonchev–Trinajstić information content (AvgIpc) is 2.39. The highest BCUT2D eigenvalue weighted by molar-refractivity contribution is 6.42. The summed E-state index contributed by atoms with van der Waals surface area (Å²) in [5.41, 5.74) is 0.541. The standard InChI is InChI=1S/C17H22Cl2N2O2/c1-10-6-12(9-17(2,3)8-10)20-15(22)16(23)21-14-5-4-11(18)7-13(14)19/h4-5,7,10,12H,6,8-9H2,1-3H3,(H,20,22)(H,21,23)/t10-,12-/m0/s1. The molecule has 2 atom stereocenters. The molecule has 23 heavy (non-hydrogen) atoms. The minimum atomic E-state index is -0.717. The van der Waals surface area contributed by atoms with Crippen LogP contribution in [0.15, 0.2) is 18.2 Å². The lowest BCUT2D eigenvalue weighted by Gasteiger charge is -2.39. The van der Waals surface area contributed by atoms with Crippen LogP contribution in [0, 0.1) is 11.3 Å². The third kappa shape index (κ3) is 5.11. The summed E-state index contributed by atoms with van der Waals surface area (Å²) in [6, 6.07) is 4.71. The summed E-state index contributed by atoms with van der Waals surface area (Å²) in [6.45, 7) is 6.55. The summed E-state index contributed by atoms with van der Waals surface area (Å²) in [7, 11) is 0. The van der Waals surface area contributed by atoms with E-state index in [0.717, 1.165) is 19.3 Å². The van der Waals surface area contributed by atoms with Crippen LogP contribution >= 0.6 is 23.2 Å². The number of rotatable bonds is 2. The lowest BCUT2D eigenvalue weighted by molar-refractivity contribution is -0.137. The normalized spacial score (nSPS) is 23.2. The van der Waals surface area contributed by atoms with Gasteiger partial charge in [-0.05, 0) is 48.8 Å². The molecule has 1 aliphatic carbocycles. The quantitative estimate of drug-likeness (QED) is 0.777. The molecule has 0 bridgehead atoms. The van der Waals surface area contributed by atoms with Crippen LogP contribution in [0.25, 0.3) is 0 Å². The van der Waals surface area contributed by atoms with Crippen LogP contribution < -0.4 is 10.6 Å².